The summed E-state index contributed by atoms with van der Waals surface area (Å²) in [4.78, 5) is 44.8. The highest BCUT2D eigenvalue weighted by Gasteiger charge is 2.44. The SMILES string of the molecule is COC(=O)C1CC(C(=O)O)N(C(=O)O)CC1=O. The summed E-state index contributed by atoms with van der Waals surface area (Å²) in [7, 11) is 1.08. The number of nitrogens with zero attached hydrogens (tertiary/aromatic N) is 1. The van der Waals surface area contributed by atoms with Crippen molar-refractivity contribution in [2.45, 2.75) is 12.5 Å². The molecule has 0 aromatic carbocycles. The molecule has 0 radical (unpaired) electrons. The van der Waals surface area contributed by atoms with E-state index >= 15 is 0 Å². The molecule has 2 unspecified atom stereocenters. The van der Waals surface area contributed by atoms with E-state index in [0.29, 0.717) is 4.90 Å². The quantitative estimate of drug-likeness (QED) is 0.481. The van der Waals surface area contributed by atoms with Crippen LogP contribution < -0.4 is 0 Å². The van der Waals surface area contributed by atoms with Crippen molar-refractivity contribution in [1.29, 1.82) is 0 Å². The van der Waals surface area contributed by atoms with Gasteiger partial charge in [-0.2, -0.15) is 0 Å². The van der Waals surface area contributed by atoms with Crippen molar-refractivity contribution in [3.05, 3.63) is 0 Å². The first kappa shape index (κ1) is 12.9. The number of esters is 1. The topological polar surface area (TPSA) is 121 Å². The monoisotopic (exact) mass is 245 g/mol. The minimum Gasteiger partial charge on any atom is -0.480 e. The maximum absolute atomic E-state index is 11.5. The van der Waals surface area contributed by atoms with Gasteiger partial charge >= 0.3 is 18.0 Å². The van der Waals surface area contributed by atoms with Crippen molar-refractivity contribution in [2.24, 2.45) is 5.92 Å². The zero-order valence-electron chi connectivity index (χ0n) is 8.95. The van der Waals surface area contributed by atoms with E-state index in [9.17, 15) is 19.2 Å². The lowest BCUT2D eigenvalue weighted by Gasteiger charge is -2.32. The fraction of sp³-hybridized carbons (Fsp3) is 0.556. The van der Waals surface area contributed by atoms with Gasteiger partial charge in [0, 0.05) is 0 Å². The zero-order valence-corrected chi connectivity index (χ0v) is 8.95. The fourth-order valence-electron chi connectivity index (χ4n) is 1.68. The molecule has 1 aliphatic rings. The highest BCUT2D eigenvalue weighted by atomic mass is 16.5. The second-order valence-corrected chi connectivity index (χ2v) is 3.54. The summed E-state index contributed by atoms with van der Waals surface area (Å²) in [5.41, 5.74) is 0. The first-order valence-electron chi connectivity index (χ1n) is 4.71. The van der Waals surface area contributed by atoms with Crippen LogP contribution in [0.2, 0.25) is 0 Å². The van der Waals surface area contributed by atoms with Gasteiger partial charge in [0.25, 0.3) is 0 Å². The molecule has 1 aliphatic heterocycles. The minimum absolute atomic E-state index is 0.396. The van der Waals surface area contributed by atoms with Gasteiger partial charge in [0.1, 0.15) is 12.0 Å². The molecular weight excluding hydrogens is 234 g/mol. The van der Waals surface area contributed by atoms with Crippen LogP contribution in [0.4, 0.5) is 4.79 Å². The largest absolute Gasteiger partial charge is 0.480 e. The van der Waals surface area contributed by atoms with Crippen LogP contribution in [0, 0.1) is 5.92 Å². The van der Waals surface area contributed by atoms with E-state index in [1.54, 1.807) is 0 Å². The van der Waals surface area contributed by atoms with Crippen LogP contribution in [0.1, 0.15) is 6.42 Å². The van der Waals surface area contributed by atoms with Crippen molar-refractivity contribution in [1.82, 2.24) is 4.90 Å². The Labute approximate surface area is 95.8 Å². The van der Waals surface area contributed by atoms with E-state index < -0.39 is 48.7 Å². The van der Waals surface area contributed by atoms with Crippen LogP contribution in [-0.4, -0.2) is 58.6 Å². The molecule has 0 aliphatic carbocycles. The van der Waals surface area contributed by atoms with Gasteiger partial charge in [-0.15, -0.1) is 0 Å². The number of hydrogen-bond donors (Lipinski definition) is 2. The summed E-state index contributed by atoms with van der Waals surface area (Å²) in [6.45, 7) is -0.619. The molecule has 0 aromatic heterocycles. The summed E-state index contributed by atoms with van der Waals surface area (Å²) in [6, 6.07) is -1.41. The van der Waals surface area contributed by atoms with E-state index in [-0.39, 0.29) is 0 Å². The number of ketones is 1. The Hall–Kier alpha value is -2.12. The van der Waals surface area contributed by atoms with Crippen LogP contribution in [0.5, 0.6) is 0 Å². The van der Waals surface area contributed by atoms with Crippen molar-refractivity contribution >= 4 is 23.8 Å². The Morgan fingerprint density at radius 3 is 2.35 bits per heavy atom. The lowest BCUT2D eigenvalue weighted by atomic mass is 9.90. The van der Waals surface area contributed by atoms with Crippen molar-refractivity contribution in [3.8, 4) is 0 Å². The number of methoxy groups -OCH3 is 1. The number of carbonyl (C=O) groups excluding carboxylic acids is 2. The predicted octanol–water partition coefficient (Wildman–Crippen LogP) is -0.818. The number of ether oxygens (including phenoxy) is 1. The smallest absolute Gasteiger partial charge is 0.408 e. The molecule has 2 atom stereocenters. The summed E-state index contributed by atoms with van der Waals surface area (Å²) < 4.78 is 4.37. The third-order valence-electron chi connectivity index (χ3n) is 2.57. The third-order valence-corrected chi connectivity index (χ3v) is 2.57. The lowest BCUT2D eigenvalue weighted by Crippen LogP contribution is -2.55. The van der Waals surface area contributed by atoms with Gasteiger partial charge in [-0.25, -0.2) is 9.59 Å². The van der Waals surface area contributed by atoms with E-state index in [1.165, 1.54) is 0 Å². The normalized spacial score (nSPS) is 24.3. The number of aliphatic carboxylic acids is 1. The Morgan fingerprint density at radius 2 is 1.94 bits per heavy atom. The molecule has 1 amide bonds. The van der Waals surface area contributed by atoms with Crippen molar-refractivity contribution in [3.63, 3.8) is 0 Å². The Kier molecular flexibility index (Phi) is 3.66. The number of carboxylic acids is 1. The maximum atomic E-state index is 11.5. The predicted molar refractivity (Wildman–Crippen MR) is 51.3 cm³/mol. The van der Waals surface area contributed by atoms with E-state index in [4.69, 9.17) is 10.2 Å². The Morgan fingerprint density at radius 1 is 1.35 bits per heavy atom. The van der Waals surface area contributed by atoms with E-state index in [1.807, 2.05) is 0 Å². The van der Waals surface area contributed by atoms with Gasteiger partial charge < -0.3 is 14.9 Å². The molecule has 94 valence electrons. The Bertz CT molecular complexity index is 378. The Balaban J connectivity index is 2.94. The zero-order chi connectivity index (χ0) is 13.2. The summed E-state index contributed by atoms with van der Waals surface area (Å²) >= 11 is 0. The molecule has 1 saturated heterocycles. The molecule has 0 aromatic rings. The van der Waals surface area contributed by atoms with Gasteiger partial charge in [0.15, 0.2) is 5.78 Å². The number of Topliss-reactive ketones (excluding diaryl/α,β-unsaturated/α-hetero) is 1. The molecule has 0 saturated carbocycles. The van der Waals surface area contributed by atoms with Gasteiger partial charge in [-0.3, -0.25) is 14.5 Å². The molecule has 1 rings (SSSR count). The first-order valence-corrected chi connectivity index (χ1v) is 4.71. The number of rotatable bonds is 2. The number of amides is 1. The minimum atomic E-state index is -1.51. The number of carbonyl (C=O) groups is 4. The highest BCUT2D eigenvalue weighted by molar-refractivity contribution is 6.03. The number of hydrogen-bond acceptors (Lipinski definition) is 5. The summed E-state index contributed by atoms with van der Waals surface area (Å²) in [5, 5.41) is 17.6. The molecule has 8 heteroatoms. The fourth-order valence-corrected chi connectivity index (χ4v) is 1.68. The van der Waals surface area contributed by atoms with Gasteiger partial charge in [0.2, 0.25) is 0 Å². The van der Waals surface area contributed by atoms with Crippen LogP contribution in [0.3, 0.4) is 0 Å². The number of piperidine rings is 1. The van der Waals surface area contributed by atoms with Crippen molar-refractivity contribution in [2.75, 3.05) is 13.7 Å². The van der Waals surface area contributed by atoms with E-state index in [0.717, 1.165) is 7.11 Å². The molecule has 1 fully saturated rings. The van der Waals surface area contributed by atoms with Crippen LogP contribution >= 0.6 is 0 Å². The van der Waals surface area contributed by atoms with Gasteiger partial charge in [-0.1, -0.05) is 0 Å². The highest BCUT2D eigenvalue weighted by Crippen LogP contribution is 2.22. The molecule has 2 N–H and O–H groups in total. The second kappa shape index (κ2) is 4.81. The average Bonchev–Trinajstić information content (AvgIpc) is 2.27. The van der Waals surface area contributed by atoms with Crippen LogP contribution in [-0.2, 0) is 19.1 Å². The number of carboxylic acid groups (broad SMARTS) is 2. The standard InChI is InChI=1S/C9H11NO7/c1-17-8(14)4-2-5(7(12)13)10(9(15)16)3-6(4)11/h4-5H,2-3H2,1H3,(H,12,13)(H,15,16). The summed E-state index contributed by atoms with van der Waals surface area (Å²) in [6.07, 6.45) is -1.90. The lowest BCUT2D eigenvalue weighted by molar-refractivity contribution is -0.155. The second-order valence-electron chi connectivity index (χ2n) is 3.54. The third kappa shape index (κ3) is 2.52. The molecule has 17 heavy (non-hydrogen) atoms. The average molecular weight is 245 g/mol. The number of likely N-dealkylation sites (tertiary alicyclic amines) is 1. The molecule has 0 spiro atoms. The molecule has 8 nitrogen and oxygen atoms in total. The van der Waals surface area contributed by atoms with Gasteiger partial charge in [0.05, 0.1) is 13.7 Å². The van der Waals surface area contributed by atoms with Crippen LogP contribution in [0.15, 0.2) is 0 Å². The first-order chi connectivity index (χ1) is 7.88. The van der Waals surface area contributed by atoms with Gasteiger partial charge in [-0.05, 0) is 6.42 Å². The summed E-state index contributed by atoms with van der Waals surface area (Å²) in [5.74, 6) is -4.10. The van der Waals surface area contributed by atoms with Crippen LogP contribution in [0.25, 0.3) is 0 Å². The van der Waals surface area contributed by atoms with E-state index in [2.05, 4.69) is 4.74 Å². The maximum Gasteiger partial charge on any atom is 0.408 e. The molecular formula is C9H11NO7. The van der Waals surface area contributed by atoms with Crippen molar-refractivity contribution < 1.29 is 34.1 Å². The molecule has 0 bridgehead atoms. The molecule has 1 heterocycles.